The SMILES string of the molecule is CC(=O)N1C=Cc2ccccc2[C@H]1CC(=O)N1CCc2c(CN3CCCC3)cccc21. The molecule has 2 aromatic carbocycles. The van der Waals surface area contributed by atoms with Gasteiger partial charge in [-0.2, -0.15) is 0 Å². The molecule has 1 saturated heterocycles. The minimum atomic E-state index is -0.261. The third kappa shape index (κ3) is 3.79. The molecule has 3 heterocycles. The van der Waals surface area contributed by atoms with Gasteiger partial charge in [0.2, 0.25) is 11.8 Å². The van der Waals surface area contributed by atoms with Crippen molar-refractivity contribution in [3.63, 3.8) is 0 Å². The fourth-order valence-corrected chi connectivity index (χ4v) is 5.28. The van der Waals surface area contributed by atoms with Crippen molar-refractivity contribution in [2.75, 3.05) is 24.5 Å². The van der Waals surface area contributed by atoms with E-state index in [1.54, 1.807) is 11.8 Å². The molecular formula is C26H29N3O2. The van der Waals surface area contributed by atoms with Gasteiger partial charge in [-0.3, -0.25) is 14.5 Å². The third-order valence-corrected chi connectivity index (χ3v) is 6.86. The quantitative estimate of drug-likeness (QED) is 0.754. The lowest BCUT2D eigenvalue weighted by atomic mass is 9.93. The van der Waals surface area contributed by atoms with Crippen LogP contribution < -0.4 is 4.90 Å². The van der Waals surface area contributed by atoms with Crippen LogP contribution in [0.4, 0.5) is 5.69 Å². The van der Waals surface area contributed by atoms with E-state index in [0.29, 0.717) is 0 Å². The van der Waals surface area contributed by atoms with Crippen LogP contribution in [0.5, 0.6) is 0 Å². The first-order chi connectivity index (χ1) is 15.1. The molecule has 0 N–H and O–H groups in total. The maximum atomic E-state index is 13.5. The Labute approximate surface area is 183 Å². The van der Waals surface area contributed by atoms with Gasteiger partial charge in [-0.1, -0.05) is 36.4 Å². The van der Waals surface area contributed by atoms with Gasteiger partial charge in [-0.05, 0) is 66.7 Å². The summed E-state index contributed by atoms with van der Waals surface area (Å²) in [5, 5.41) is 0. The van der Waals surface area contributed by atoms with Crippen LogP contribution in [0.25, 0.3) is 6.08 Å². The molecule has 0 bridgehead atoms. The van der Waals surface area contributed by atoms with Crippen molar-refractivity contribution in [1.82, 2.24) is 9.80 Å². The second kappa shape index (κ2) is 8.31. The van der Waals surface area contributed by atoms with Gasteiger partial charge in [0.25, 0.3) is 0 Å². The maximum Gasteiger partial charge on any atom is 0.229 e. The number of likely N-dealkylation sites (tertiary alicyclic amines) is 1. The van der Waals surface area contributed by atoms with Crippen LogP contribution in [-0.2, 0) is 22.6 Å². The number of amides is 2. The fourth-order valence-electron chi connectivity index (χ4n) is 5.28. The van der Waals surface area contributed by atoms with E-state index < -0.39 is 0 Å². The van der Waals surface area contributed by atoms with E-state index >= 15 is 0 Å². The molecule has 1 fully saturated rings. The van der Waals surface area contributed by atoms with E-state index in [4.69, 9.17) is 0 Å². The maximum absolute atomic E-state index is 13.5. The largest absolute Gasteiger partial charge is 0.312 e. The monoisotopic (exact) mass is 415 g/mol. The van der Waals surface area contributed by atoms with Crippen molar-refractivity contribution in [2.24, 2.45) is 0 Å². The average Bonchev–Trinajstić information content (AvgIpc) is 3.44. The van der Waals surface area contributed by atoms with Gasteiger partial charge in [-0.25, -0.2) is 0 Å². The first kappa shape index (κ1) is 20.0. The summed E-state index contributed by atoms with van der Waals surface area (Å²) in [7, 11) is 0. The number of rotatable bonds is 4. The van der Waals surface area contributed by atoms with Crippen LogP contribution in [0.3, 0.4) is 0 Å². The average molecular weight is 416 g/mol. The molecule has 31 heavy (non-hydrogen) atoms. The zero-order valence-corrected chi connectivity index (χ0v) is 18.1. The van der Waals surface area contributed by atoms with Gasteiger partial charge in [0, 0.05) is 31.9 Å². The molecule has 0 unspecified atom stereocenters. The smallest absolute Gasteiger partial charge is 0.229 e. The summed E-state index contributed by atoms with van der Waals surface area (Å²) in [4.78, 5) is 31.9. The van der Waals surface area contributed by atoms with Crippen LogP contribution >= 0.6 is 0 Å². The van der Waals surface area contributed by atoms with Crippen molar-refractivity contribution < 1.29 is 9.59 Å². The molecule has 160 valence electrons. The fraction of sp³-hybridized carbons (Fsp3) is 0.385. The molecule has 5 rings (SSSR count). The van der Waals surface area contributed by atoms with Crippen LogP contribution in [0, 0.1) is 0 Å². The van der Waals surface area contributed by atoms with Gasteiger partial charge in [0.1, 0.15) is 0 Å². The lowest BCUT2D eigenvalue weighted by Gasteiger charge is -2.33. The molecule has 5 heteroatoms. The molecule has 5 nitrogen and oxygen atoms in total. The molecule has 2 aromatic rings. The Balaban J connectivity index is 1.38. The second-order valence-corrected chi connectivity index (χ2v) is 8.78. The number of carbonyl (C=O) groups excluding carboxylic acids is 2. The highest BCUT2D eigenvalue weighted by Crippen LogP contribution is 2.36. The minimum Gasteiger partial charge on any atom is -0.312 e. The highest BCUT2D eigenvalue weighted by Gasteiger charge is 2.33. The highest BCUT2D eigenvalue weighted by molar-refractivity contribution is 5.96. The number of carbonyl (C=O) groups is 2. The van der Waals surface area contributed by atoms with E-state index in [1.165, 1.54) is 37.1 Å². The Hall–Kier alpha value is -2.92. The van der Waals surface area contributed by atoms with Gasteiger partial charge in [0.15, 0.2) is 0 Å². The van der Waals surface area contributed by atoms with Crippen molar-refractivity contribution in [3.8, 4) is 0 Å². The summed E-state index contributed by atoms with van der Waals surface area (Å²) in [6, 6.07) is 14.1. The van der Waals surface area contributed by atoms with Crippen molar-refractivity contribution in [1.29, 1.82) is 0 Å². The highest BCUT2D eigenvalue weighted by atomic mass is 16.2. The molecular weight excluding hydrogens is 386 g/mol. The zero-order chi connectivity index (χ0) is 21.4. The van der Waals surface area contributed by atoms with Gasteiger partial charge >= 0.3 is 0 Å². The van der Waals surface area contributed by atoms with Crippen LogP contribution in [-0.4, -0.2) is 41.2 Å². The summed E-state index contributed by atoms with van der Waals surface area (Å²) < 4.78 is 0. The normalized spacial score (nSPS) is 20.1. The Morgan fingerprint density at radius 1 is 1.00 bits per heavy atom. The molecule has 3 aliphatic rings. The van der Waals surface area contributed by atoms with E-state index in [0.717, 1.165) is 36.3 Å². The van der Waals surface area contributed by atoms with E-state index in [2.05, 4.69) is 23.1 Å². The summed E-state index contributed by atoms with van der Waals surface area (Å²) >= 11 is 0. The molecule has 0 spiro atoms. The predicted molar refractivity (Wildman–Crippen MR) is 122 cm³/mol. The lowest BCUT2D eigenvalue weighted by molar-refractivity contribution is -0.129. The van der Waals surface area contributed by atoms with Gasteiger partial charge < -0.3 is 9.80 Å². The molecule has 0 aliphatic carbocycles. The number of hydrogen-bond acceptors (Lipinski definition) is 3. The summed E-state index contributed by atoms with van der Waals surface area (Å²) in [6.07, 6.45) is 7.52. The zero-order valence-electron chi connectivity index (χ0n) is 18.1. The molecule has 2 amide bonds. The third-order valence-electron chi connectivity index (χ3n) is 6.86. The molecule has 1 atom stereocenters. The topological polar surface area (TPSA) is 43.9 Å². The van der Waals surface area contributed by atoms with Crippen LogP contribution in [0.2, 0.25) is 0 Å². The first-order valence-electron chi connectivity index (χ1n) is 11.3. The number of anilines is 1. The summed E-state index contributed by atoms with van der Waals surface area (Å²) in [6.45, 7) is 5.59. The van der Waals surface area contributed by atoms with E-state index in [9.17, 15) is 9.59 Å². The molecule has 0 saturated carbocycles. The van der Waals surface area contributed by atoms with Crippen molar-refractivity contribution in [2.45, 2.75) is 45.2 Å². The minimum absolute atomic E-state index is 0.0433. The number of hydrogen-bond donors (Lipinski definition) is 0. The van der Waals surface area contributed by atoms with Crippen molar-refractivity contribution in [3.05, 3.63) is 70.9 Å². The first-order valence-corrected chi connectivity index (χ1v) is 11.3. The molecule has 3 aliphatic heterocycles. The Bertz CT molecular complexity index is 1040. The number of nitrogens with zero attached hydrogens (tertiary/aromatic N) is 3. The standard InChI is InChI=1S/C26H29N3O2/c1-19(30)28-15-11-20-7-2-3-9-22(20)25(28)17-26(31)29-16-12-23-21(8-6-10-24(23)29)18-27-13-4-5-14-27/h2-3,6-11,15,25H,4-5,12-14,16-18H2,1H3/t25-/m1/s1. The summed E-state index contributed by atoms with van der Waals surface area (Å²) in [5.41, 5.74) is 5.83. The number of fused-ring (bicyclic) bond motifs is 2. The molecule has 0 radical (unpaired) electrons. The lowest BCUT2D eigenvalue weighted by Crippen LogP contribution is -2.37. The van der Waals surface area contributed by atoms with E-state index in [1.807, 2.05) is 41.4 Å². The van der Waals surface area contributed by atoms with Crippen LogP contribution in [0.15, 0.2) is 48.7 Å². The summed E-state index contributed by atoms with van der Waals surface area (Å²) in [5.74, 6) is 0.0386. The van der Waals surface area contributed by atoms with Crippen LogP contribution in [0.1, 0.15) is 54.5 Å². The predicted octanol–water partition coefficient (Wildman–Crippen LogP) is 4.14. The number of benzene rings is 2. The van der Waals surface area contributed by atoms with Gasteiger partial charge in [0.05, 0.1) is 12.5 Å². The Morgan fingerprint density at radius 2 is 1.81 bits per heavy atom. The second-order valence-electron chi connectivity index (χ2n) is 8.78. The Kier molecular flexibility index (Phi) is 5.36. The van der Waals surface area contributed by atoms with Crippen molar-refractivity contribution >= 4 is 23.6 Å². The molecule has 0 aromatic heterocycles. The Morgan fingerprint density at radius 3 is 2.61 bits per heavy atom. The van der Waals surface area contributed by atoms with Gasteiger partial charge in [-0.15, -0.1) is 0 Å². The van der Waals surface area contributed by atoms with E-state index in [-0.39, 0.29) is 24.3 Å².